The van der Waals surface area contributed by atoms with Crippen LogP contribution >= 0.6 is 0 Å². The van der Waals surface area contributed by atoms with E-state index in [0.29, 0.717) is 12.8 Å². The molecule has 0 rings (SSSR count). The van der Waals surface area contributed by atoms with Gasteiger partial charge in [0.05, 0.1) is 6.10 Å². The Hall–Kier alpha value is -0.843. The van der Waals surface area contributed by atoms with Gasteiger partial charge in [-0.1, -0.05) is 20.8 Å². The Kier molecular flexibility index (Phi) is 6.06. The average Bonchev–Trinajstić information content (AvgIpc) is 2.11. The summed E-state index contributed by atoms with van der Waals surface area (Å²) in [5.41, 5.74) is 0. The van der Waals surface area contributed by atoms with Crippen LogP contribution in [0.1, 0.15) is 47.5 Å². The van der Waals surface area contributed by atoms with E-state index in [1.807, 2.05) is 13.1 Å². The van der Waals surface area contributed by atoms with E-state index >= 15 is 0 Å². The van der Waals surface area contributed by atoms with E-state index in [9.17, 15) is 9.59 Å². The van der Waals surface area contributed by atoms with Crippen LogP contribution in [0.15, 0.2) is 0 Å². The predicted molar refractivity (Wildman–Crippen MR) is 73.8 cm³/mol. The highest BCUT2D eigenvalue weighted by Gasteiger charge is 2.40. The first-order valence-electron chi connectivity index (χ1n) is 6.35. The summed E-state index contributed by atoms with van der Waals surface area (Å²) in [6, 6.07) is 0. The van der Waals surface area contributed by atoms with Crippen LogP contribution in [0.4, 0.5) is 0 Å². The van der Waals surface area contributed by atoms with Crippen molar-refractivity contribution in [2.45, 2.75) is 71.7 Å². The first kappa shape index (κ1) is 17.2. The van der Waals surface area contributed by atoms with Crippen LogP contribution in [-0.2, 0) is 18.8 Å². The molecule has 4 nitrogen and oxygen atoms in total. The third-order valence-corrected chi connectivity index (χ3v) is 7.65. The summed E-state index contributed by atoms with van der Waals surface area (Å²) >= 11 is 0. The Labute approximate surface area is 111 Å². The van der Waals surface area contributed by atoms with Crippen LogP contribution in [0.25, 0.3) is 0 Å². The summed E-state index contributed by atoms with van der Waals surface area (Å²) in [5, 5.41) is 0.0180. The Morgan fingerprint density at radius 1 is 1.22 bits per heavy atom. The summed E-state index contributed by atoms with van der Waals surface area (Å²) in [5.74, 6) is -0.513. The van der Waals surface area contributed by atoms with E-state index in [0.717, 1.165) is 0 Å². The van der Waals surface area contributed by atoms with Gasteiger partial charge in [0, 0.05) is 13.3 Å². The number of hydrogen-bond donors (Lipinski definition) is 0. The average molecular weight is 274 g/mol. The minimum Gasteiger partial charge on any atom is -0.519 e. The smallest absolute Gasteiger partial charge is 0.302 e. The van der Waals surface area contributed by atoms with Crippen molar-refractivity contribution in [2.75, 3.05) is 0 Å². The SMILES string of the molecule is CC(=O)OC(C)CCC(=O)O[Si](C)(C)C(C)(C)C. The second kappa shape index (κ2) is 6.36. The fraction of sp³-hybridized carbons (Fsp3) is 0.846. The zero-order valence-electron chi connectivity index (χ0n) is 12.6. The van der Waals surface area contributed by atoms with Gasteiger partial charge in [-0.05, 0) is 31.5 Å². The fourth-order valence-corrected chi connectivity index (χ4v) is 2.13. The molecule has 18 heavy (non-hydrogen) atoms. The summed E-state index contributed by atoms with van der Waals surface area (Å²) in [7, 11) is -2.03. The first-order valence-corrected chi connectivity index (χ1v) is 9.25. The number of rotatable bonds is 5. The minimum atomic E-state index is -2.03. The van der Waals surface area contributed by atoms with Crippen LogP contribution in [0.5, 0.6) is 0 Å². The number of hydrogen-bond acceptors (Lipinski definition) is 4. The first-order chi connectivity index (χ1) is 7.95. The molecule has 5 heteroatoms. The molecule has 0 N–H and O–H groups in total. The molecule has 0 aliphatic heterocycles. The summed E-state index contributed by atoms with van der Waals surface area (Å²) in [6.45, 7) is 13.5. The molecule has 106 valence electrons. The van der Waals surface area contributed by atoms with Gasteiger partial charge in [0.15, 0.2) is 0 Å². The van der Waals surface area contributed by atoms with E-state index in [2.05, 4.69) is 20.8 Å². The third-order valence-electron chi connectivity index (χ3n) is 3.30. The topological polar surface area (TPSA) is 52.6 Å². The molecule has 0 aliphatic rings. The van der Waals surface area contributed by atoms with Gasteiger partial charge < -0.3 is 9.16 Å². The standard InChI is InChI=1S/C13H26O4Si/c1-10(16-11(2)14)8-9-12(15)17-18(6,7)13(3,4)5/h10H,8-9H2,1-7H3. The van der Waals surface area contributed by atoms with Crippen molar-refractivity contribution >= 4 is 20.3 Å². The highest BCUT2D eigenvalue weighted by atomic mass is 28.4. The van der Waals surface area contributed by atoms with E-state index in [4.69, 9.17) is 9.16 Å². The van der Waals surface area contributed by atoms with Crippen LogP contribution in [-0.4, -0.2) is 26.4 Å². The van der Waals surface area contributed by atoms with Gasteiger partial charge in [-0.25, -0.2) is 0 Å². The van der Waals surface area contributed by atoms with Crippen molar-refractivity contribution in [3.05, 3.63) is 0 Å². The molecule has 0 bridgehead atoms. The lowest BCUT2D eigenvalue weighted by molar-refractivity contribution is -0.147. The maximum absolute atomic E-state index is 11.8. The molecule has 0 heterocycles. The van der Waals surface area contributed by atoms with Gasteiger partial charge >= 0.3 is 5.97 Å². The van der Waals surface area contributed by atoms with E-state index in [1.54, 1.807) is 6.92 Å². The van der Waals surface area contributed by atoms with Crippen molar-refractivity contribution < 1.29 is 18.8 Å². The molecule has 0 spiro atoms. The number of carbonyl (C=O) groups is 2. The van der Waals surface area contributed by atoms with Gasteiger partial charge in [-0.2, -0.15) is 0 Å². The number of carbonyl (C=O) groups excluding carboxylic acids is 2. The van der Waals surface area contributed by atoms with Crippen molar-refractivity contribution in [1.29, 1.82) is 0 Å². The summed E-state index contributed by atoms with van der Waals surface area (Å²) < 4.78 is 10.6. The molecule has 0 aliphatic carbocycles. The minimum absolute atomic E-state index is 0.0180. The second-order valence-electron chi connectivity index (χ2n) is 6.19. The molecule has 0 aromatic rings. The molecular formula is C13H26O4Si. The summed E-state index contributed by atoms with van der Waals surface area (Å²) in [4.78, 5) is 22.5. The van der Waals surface area contributed by atoms with Gasteiger partial charge in [-0.15, -0.1) is 0 Å². The normalized spacial score (nSPS) is 13.9. The lowest BCUT2D eigenvalue weighted by Gasteiger charge is -2.35. The van der Waals surface area contributed by atoms with Gasteiger partial charge in [0.1, 0.15) is 0 Å². The molecule has 0 radical (unpaired) electrons. The van der Waals surface area contributed by atoms with Gasteiger partial charge in [-0.3, -0.25) is 9.59 Å². The van der Waals surface area contributed by atoms with Crippen LogP contribution in [0.3, 0.4) is 0 Å². The Morgan fingerprint density at radius 3 is 2.11 bits per heavy atom. The van der Waals surface area contributed by atoms with Gasteiger partial charge in [0.2, 0.25) is 0 Å². The molecule has 0 aromatic heterocycles. The van der Waals surface area contributed by atoms with Crippen molar-refractivity contribution in [3.63, 3.8) is 0 Å². The number of ether oxygens (including phenoxy) is 1. The van der Waals surface area contributed by atoms with Crippen LogP contribution in [0, 0.1) is 0 Å². The van der Waals surface area contributed by atoms with Gasteiger partial charge in [0.25, 0.3) is 14.3 Å². The zero-order valence-corrected chi connectivity index (χ0v) is 13.6. The maximum atomic E-state index is 11.8. The van der Waals surface area contributed by atoms with Crippen LogP contribution in [0.2, 0.25) is 18.1 Å². The van der Waals surface area contributed by atoms with Crippen molar-refractivity contribution in [3.8, 4) is 0 Å². The molecule has 0 saturated heterocycles. The molecule has 1 atom stereocenters. The quantitative estimate of drug-likeness (QED) is 0.570. The molecule has 0 aromatic carbocycles. The highest BCUT2D eigenvalue weighted by molar-refractivity contribution is 6.75. The third kappa shape index (κ3) is 6.19. The lowest BCUT2D eigenvalue weighted by atomic mass is 10.2. The van der Waals surface area contributed by atoms with E-state index in [-0.39, 0.29) is 23.1 Å². The Balaban J connectivity index is 4.17. The lowest BCUT2D eigenvalue weighted by Crippen LogP contribution is -2.42. The van der Waals surface area contributed by atoms with Crippen molar-refractivity contribution in [2.24, 2.45) is 0 Å². The molecular weight excluding hydrogens is 248 g/mol. The van der Waals surface area contributed by atoms with Crippen molar-refractivity contribution in [1.82, 2.24) is 0 Å². The fourth-order valence-electron chi connectivity index (χ4n) is 1.15. The Bertz CT molecular complexity index is 305. The Morgan fingerprint density at radius 2 is 1.72 bits per heavy atom. The molecule has 0 fully saturated rings. The molecule has 1 unspecified atom stereocenters. The molecule has 0 saturated carbocycles. The maximum Gasteiger partial charge on any atom is 0.302 e. The van der Waals surface area contributed by atoms with E-state index in [1.165, 1.54) is 6.92 Å². The van der Waals surface area contributed by atoms with Crippen LogP contribution < -0.4 is 0 Å². The molecule has 0 amide bonds. The predicted octanol–water partition coefficient (Wildman–Crippen LogP) is 3.27. The number of esters is 1. The largest absolute Gasteiger partial charge is 0.519 e. The monoisotopic (exact) mass is 274 g/mol. The second-order valence-corrected chi connectivity index (χ2v) is 10.9. The zero-order chi connectivity index (χ0) is 14.6. The van der Waals surface area contributed by atoms with E-state index < -0.39 is 8.32 Å². The highest BCUT2D eigenvalue weighted by Crippen LogP contribution is 2.36. The summed E-state index contributed by atoms with van der Waals surface area (Å²) in [6.07, 6.45) is 0.558.